The predicted molar refractivity (Wildman–Crippen MR) is 104 cm³/mol. The molecule has 1 aliphatic heterocycles. The molecule has 3 rings (SSSR count). The Balaban J connectivity index is 2.17. The third-order valence-electron chi connectivity index (χ3n) is 4.04. The SMILES string of the molecule is N#CC(C#N)=C1C=CC=CN1/C(=C/c1ccc(F)cc1)C(=O)c1ccccc1. The third-order valence-corrected chi connectivity index (χ3v) is 4.04. The smallest absolute Gasteiger partial charge is 0.209 e. The molecule has 0 atom stereocenters. The van der Waals surface area contributed by atoms with Crippen LogP contribution in [0.5, 0.6) is 0 Å². The van der Waals surface area contributed by atoms with Gasteiger partial charge in [0.1, 0.15) is 18.0 Å². The Labute approximate surface area is 162 Å². The van der Waals surface area contributed by atoms with Gasteiger partial charge in [0.25, 0.3) is 0 Å². The van der Waals surface area contributed by atoms with E-state index in [-0.39, 0.29) is 22.9 Å². The molecule has 0 aliphatic carbocycles. The number of nitrogens with zero attached hydrogens (tertiary/aromatic N) is 3. The maximum absolute atomic E-state index is 13.3. The average molecular weight is 367 g/mol. The van der Waals surface area contributed by atoms with E-state index >= 15 is 0 Å². The molecule has 0 N–H and O–H groups in total. The summed E-state index contributed by atoms with van der Waals surface area (Å²) in [6.07, 6.45) is 8.19. The van der Waals surface area contributed by atoms with Crippen molar-refractivity contribution < 1.29 is 9.18 Å². The molecule has 2 aromatic rings. The first-order chi connectivity index (χ1) is 13.6. The van der Waals surface area contributed by atoms with Crippen LogP contribution in [0, 0.1) is 28.5 Å². The van der Waals surface area contributed by atoms with Crippen LogP contribution in [0.2, 0.25) is 0 Å². The Bertz CT molecular complexity index is 1080. The number of carbonyl (C=O) groups excluding carboxylic acids is 1. The number of hydrogen-bond donors (Lipinski definition) is 0. The minimum Gasteiger partial charge on any atom is -0.312 e. The van der Waals surface area contributed by atoms with Crippen molar-refractivity contribution in [3.63, 3.8) is 0 Å². The number of benzene rings is 2. The largest absolute Gasteiger partial charge is 0.312 e. The zero-order valence-corrected chi connectivity index (χ0v) is 14.7. The second-order valence-electron chi connectivity index (χ2n) is 5.83. The van der Waals surface area contributed by atoms with Crippen LogP contribution in [0.4, 0.5) is 4.39 Å². The number of allylic oxidation sites excluding steroid dienone is 5. The van der Waals surface area contributed by atoms with Gasteiger partial charge in [0.15, 0.2) is 5.57 Å². The highest BCUT2D eigenvalue weighted by Crippen LogP contribution is 2.26. The minimum absolute atomic E-state index is 0.119. The van der Waals surface area contributed by atoms with Gasteiger partial charge in [-0.15, -0.1) is 0 Å². The Morgan fingerprint density at radius 1 is 0.964 bits per heavy atom. The average Bonchev–Trinajstić information content (AvgIpc) is 2.75. The summed E-state index contributed by atoms with van der Waals surface area (Å²) in [7, 11) is 0. The number of halogens is 1. The zero-order valence-electron chi connectivity index (χ0n) is 14.7. The first-order valence-corrected chi connectivity index (χ1v) is 8.39. The molecule has 0 aromatic heterocycles. The van der Waals surface area contributed by atoms with Crippen molar-refractivity contribution in [3.8, 4) is 12.1 Å². The minimum atomic E-state index is -0.384. The van der Waals surface area contributed by atoms with Crippen LogP contribution in [0.3, 0.4) is 0 Å². The molecule has 2 aromatic carbocycles. The van der Waals surface area contributed by atoms with Crippen molar-refractivity contribution in [1.29, 1.82) is 10.5 Å². The molecule has 0 saturated carbocycles. The molecule has 0 spiro atoms. The molecule has 28 heavy (non-hydrogen) atoms. The van der Waals surface area contributed by atoms with E-state index in [4.69, 9.17) is 0 Å². The second-order valence-corrected chi connectivity index (χ2v) is 5.83. The van der Waals surface area contributed by atoms with E-state index in [1.54, 1.807) is 73.0 Å². The Morgan fingerprint density at radius 2 is 1.64 bits per heavy atom. The molecule has 0 radical (unpaired) electrons. The van der Waals surface area contributed by atoms with E-state index in [0.717, 1.165) is 0 Å². The van der Waals surface area contributed by atoms with E-state index in [9.17, 15) is 19.7 Å². The van der Waals surface area contributed by atoms with Crippen molar-refractivity contribution in [3.05, 3.63) is 113 Å². The number of nitriles is 2. The van der Waals surface area contributed by atoms with Crippen molar-refractivity contribution >= 4 is 11.9 Å². The summed E-state index contributed by atoms with van der Waals surface area (Å²) < 4.78 is 13.3. The molecule has 1 heterocycles. The fourth-order valence-electron chi connectivity index (χ4n) is 2.70. The number of Topliss-reactive ketones (excluding diaryl/α,β-unsaturated/α-hetero) is 1. The van der Waals surface area contributed by atoms with Crippen molar-refractivity contribution in [2.75, 3.05) is 0 Å². The lowest BCUT2D eigenvalue weighted by Crippen LogP contribution is -2.24. The monoisotopic (exact) mass is 367 g/mol. The van der Waals surface area contributed by atoms with Gasteiger partial charge in [0, 0.05) is 11.8 Å². The summed E-state index contributed by atoms with van der Waals surface area (Å²) in [5.41, 5.74) is 1.47. The Morgan fingerprint density at radius 3 is 2.29 bits per heavy atom. The van der Waals surface area contributed by atoms with E-state index in [2.05, 4.69) is 0 Å². The van der Waals surface area contributed by atoms with Crippen LogP contribution in [-0.2, 0) is 0 Å². The van der Waals surface area contributed by atoms with Gasteiger partial charge < -0.3 is 4.90 Å². The summed E-state index contributed by atoms with van der Waals surface area (Å²) in [6.45, 7) is 0. The lowest BCUT2D eigenvalue weighted by molar-refractivity contribution is 0.101. The van der Waals surface area contributed by atoms with Crippen molar-refractivity contribution in [2.24, 2.45) is 0 Å². The summed E-state index contributed by atoms with van der Waals surface area (Å²) >= 11 is 0. The third kappa shape index (κ3) is 3.95. The van der Waals surface area contributed by atoms with E-state index < -0.39 is 0 Å². The molecule has 134 valence electrons. The molecule has 0 bridgehead atoms. The van der Waals surface area contributed by atoms with Crippen LogP contribution in [0.1, 0.15) is 15.9 Å². The molecule has 5 heteroatoms. The molecule has 0 saturated heterocycles. The molecule has 4 nitrogen and oxygen atoms in total. The molecule has 0 fully saturated rings. The van der Waals surface area contributed by atoms with Gasteiger partial charge in [0.2, 0.25) is 5.78 Å². The van der Waals surface area contributed by atoms with Gasteiger partial charge in [-0.1, -0.05) is 48.5 Å². The van der Waals surface area contributed by atoms with E-state index in [1.807, 2.05) is 12.1 Å². The van der Waals surface area contributed by atoms with Gasteiger partial charge in [0.05, 0.1) is 11.4 Å². The topological polar surface area (TPSA) is 67.9 Å². The molecular formula is C23H14FN3O. The van der Waals surface area contributed by atoms with E-state index in [0.29, 0.717) is 16.8 Å². The summed E-state index contributed by atoms with van der Waals surface area (Å²) in [5.74, 6) is -0.677. The van der Waals surface area contributed by atoms with Crippen LogP contribution >= 0.6 is 0 Å². The van der Waals surface area contributed by atoms with Gasteiger partial charge in [-0.3, -0.25) is 4.79 Å². The van der Waals surface area contributed by atoms with Crippen LogP contribution < -0.4 is 0 Å². The maximum Gasteiger partial charge on any atom is 0.209 e. The van der Waals surface area contributed by atoms with E-state index in [1.165, 1.54) is 17.0 Å². The predicted octanol–water partition coefficient (Wildman–Crippen LogP) is 4.74. The van der Waals surface area contributed by atoms with Gasteiger partial charge in [-0.25, -0.2) is 4.39 Å². The normalized spacial score (nSPS) is 13.0. The molecule has 0 unspecified atom stereocenters. The highest BCUT2D eigenvalue weighted by Gasteiger charge is 2.23. The van der Waals surface area contributed by atoms with Gasteiger partial charge in [-0.05, 0) is 35.9 Å². The molecule has 1 aliphatic rings. The number of carbonyl (C=O) groups is 1. The maximum atomic E-state index is 13.3. The summed E-state index contributed by atoms with van der Waals surface area (Å²) in [6, 6.07) is 18.1. The van der Waals surface area contributed by atoms with Crippen LogP contribution in [0.25, 0.3) is 6.08 Å². The lowest BCUT2D eigenvalue weighted by Gasteiger charge is -2.26. The molecule has 0 amide bonds. The Hall–Kier alpha value is -4.22. The zero-order chi connectivity index (χ0) is 19.9. The quantitative estimate of drug-likeness (QED) is 0.445. The van der Waals surface area contributed by atoms with Gasteiger partial charge in [-0.2, -0.15) is 10.5 Å². The van der Waals surface area contributed by atoms with Crippen molar-refractivity contribution in [2.45, 2.75) is 0 Å². The number of rotatable bonds is 4. The first-order valence-electron chi connectivity index (χ1n) is 8.39. The van der Waals surface area contributed by atoms with Crippen LogP contribution in [0.15, 0.2) is 96.0 Å². The standard InChI is InChI=1S/C23H14FN3O/c24-20-11-9-17(10-12-20)14-22(23(28)18-6-2-1-3-7-18)27-13-5-4-8-21(27)19(15-25)16-26/h1-14H/b22-14+. The fraction of sp³-hybridized carbons (Fsp3) is 0. The van der Waals surface area contributed by atoms with Crippen LogP contribution in [-0.4, -0.2) is 10.7 Å². The summed E-state index contributed by atoms with van der Waals surface area (Å²) in [5, 5.41) is 18.6. The second kappa shape index (κ2) is 8.44. The van der Waals surface area contributed by atoms with Crippen molar-refractivity contribution in [1.82, 2.24) is 4.90 Å². The fourth-order valence-corrected chi connectivity index (χ4v) is 2.70. The lowest BCUT2D eigenvalue weighted by atomic mass is 10.0. The first kappa shape index (κ1) is 18.6. The Kier molecular flexibility index (Phi) is 5.60. The number of ketones is 1. The summed E-state index contributed by atoms with van der Waals surface area (Å²) in [4.78, 5) is 14.7. The highest BCUT2D eigenvalue weighted by molar-refractivity contribution is 6.11. The van der Waals surface area contributed by atoms with Gasteiger partial charge >= 0.3 is 0 Å². The number of hydrogen-bond acceptors (Lipinski definition) is 4. The highest BCUT2D eigenvalue weighted by atomic mass is 19.1. The molecular weight excluding hydrogens is 353 g/mol.